The normalized spacial score (nSPS) is 12.6. The third-order valence-electron chi connectivity index (χ3n) is 3.30. The van der Waals surface area contributed by atoms with Crippen LogP contribution in [0, 0.1) is 0 Å². The van der Waals surface area contributed by atoms with Crippen molar-refractivity contribution in [2.45, 2.75) is 26.2 Å². The lowest BCUT2D eigenvalue weighted by Crippen LogP contribution is -2.40. The average Bonchev–Trinajstić information content (AvgIpc) is 3.02. The van der Waals surface area contributed by atoms with Crippen LogP contribution in [0.15, 0.2) is 22.5 Å². The molecule has 0 fully saturated rings. The molecule has 0 saturated heterocycles. The van der Waals surface area contributed by atoms with Crippen LogP contribution in [-0.4, -0.2) is 59.2 Å². The second-order valence-corrected chi connectivity index (χ2v) is 9.43. The predicted molar refractivity (Wildman–Crippen MR) is 117 cm³/mol. The number of rotatable bonds is 10. The minimum absolute atomic E-state index is 0. The molecule has 1 aromatic heterocycles. The van der Waals surface area contributed by atoms with Crippen LogP contribution in [0.3, 0.4) is 0 Å². The van der Waals surface area contributed by atoms with Gasteiger partial charge in [-0.1, -0.05) is 19.9 Å². The van der Waals surface area contributed by atoms with Crippen LogP contribution in [0.5, 0.6) is 0 Å². The van der Waals surface area contributed by atoms with E-state index in [0.29, 0.717) is 19.7 Å². The largest absolute Gasteiger partial charge is 0.379 e. The Kier molecular flexibility index (Phi) is 11.9. The molecule has 0 saturated carbocycles. The number of aliphatic imine (C=N–C) groups is 1. The zero-order valence-corrected chi connectivity index (χ0v) is 19.3. The summed E-state index contributed by atoms with van der Waals surface area (Å²) >= 11 is 1.74. The van der Waals surface area contributed by atoms with E-state index < -0.39 is 9.84 Å². The number of guanidine groups is 1. The topological polar surface area (TPSA) is 79.8 Å². The van der Waals surface area contributed by atoms with Crippen molar-refractivity contribution in [3.8, 4) is 0 Å². The molecule has 0 bridgehead atoms. The van der Waals surface area contributed by atoms with E-state index in [4.69, 9.17) is 4.74 Å². The average molecular weight is 503 g/mol. The number of hydrogen-bond donors (Lipinski definition) is 2. The quantitative estimate of drug-likeness (QED) is 0.222. The van der Waals surface area contributed by atoms with Gasteiger partial charge in [-0.3, -0.25) is 4.99 Å². The van der Waals surface area contributed by atoms with Crippen molar-refractivity contribution in [2.24, 2.45) is 4.99 Å². The van der Waals surface area contributed by atoms with Crippen LogP contribution in [-0.2, 0) is 20.0 Å². The molecule has 2 N–H and O–H groups in total. The minimum atomic E-state index is -2.96. The molecule has 0 amide bonds. The molecular weight excluding hydrogens is 473 g/mol. The zero-order valence-electron chi connectivity index (χ0n) is 15.4. The van der Waals surface area contributed by atoms with Gasteiger partial charge < -0.3 is 15.4 Å². The smallest absolute Gasteiger partial charge is 0.191 e. The highest BCUT2D eigenvalue weighted by atomic mass is 127. The van der Waals surface area contributed by atoms with Gasteiger partial charge in [0.2, 0.25) is 0 Å². The first kappa shape index (κ1) is 24.6. The highest BCUT2D eigenvalue weighted by Gasteiger charge is 2.21. The van der Waals surface area contributed by atoms with E-state index in [1.807, 2.05) is 6.92 Å². The van der Waals surface area contributed by atoms with Crippen molar-refractivity contribution in [1.82, 2.24) is 10.6 Å². The van der Waals surface area contributed by atoms with E-state index in [2.05, 4.69) is 47.0 Å². The van der Waals surface area contributed by atoms with E-state index in [-0.39, 0.29) is 41.8 Å². The van der Waals surface area contributed by atoms with Gasteiger partial charge in [0.05, 0.1) is 25.5 Å². The molecule has 0 aromatic carbocycles. The van der Waals surface area contributed by atoms with Gasteiger partial charge in [-0.25, -0.2) is 8.42 Å². The Bertz CT molecular complexity index is 602. The van der Waals surface area contributed by atoms with Gasteiger partial charge in [-0.05, 0) is 18.4 Å². The second kappa shape index (κ2) is 12.1. The summed E-state index contributed by atoms with van der Waals surface area (Å²) in [6.45, 7) is 9.07. The molecule has 146 valence electrons. The van der Waals surface area contributed by atoms with E-state index >= 15 is 0 Å². The van der Waals surface area contributed by atoms with E-state index in [0.717, 1.165) is 12.5 Å². The van der Waals surface area contributed by atoms with Gasteiger partial charge in [0.25, 0.3) is 0 Å². The van der Waals surface area contributed by atoms with Crippen molar-refractivity contribution in [2.75, 3.05) is 44.9 Å². The molecule has 0 aliphatic carbocycles. The van der Waals surface area contributed by atoms with E-state index in [1.165, 1.54) is 11.1 Å². The monoisotopic (exact) mass is 503 g/mol. The van der Waals surface area contributed by atoms with Crippen LogP contribution in [0.2, 0.25) is 0 Å². The van der Waals surface area contributed by atoms with Gasteiger partial charge in [-0.2, -0.15) is 0 Å². The molecule has 9 heteroatoms. The van der Waals surface area contributed by atoms with E-state index in [1.54, 1.807) is 11.3 Å². The van der Waals surface area contributed by atoms with Gasteiger partial charge in [0.15, 0.2) is 5.96 Å². The maximum atomic E-state index is 11.0. The summed E-state index contributed by atoms with van der Waals surface area (Å²) in [7, 11) is -2.96. The van der Waals surface area contributed by atoms with Crippen molar-refractivity contribution < 1.29 is 13.2 Å². The fourth-order valence-electron chi connectivity index (χ4n) is 1.91. The number of thiophene rings is 1. The van der Waals surface area contributed by atoms with Crippen LogP contribution in [0.4, 0.5) is 0 Å². The van der Waals surface area contributed by atoms with Gasteiger partial charge in [0.1, 0.15) is 9.84 Å². The molecule has 1 aromatic rings. The highest BCUT2D eigenvalue weighted by molar-refractivity contribution is 14.0. The lowest BCUT2D eigenvalue weighted by Gasteiger charge is -2.21. The number of sulfone groups is 1. The predicted octanol–water partition coefficient (Wildman–Crippen LogP) is 2.26. The summed E-state index contributed by atoms with van der Waals surface area (Å²) in [4.78, 5) is 5.96. The molecule has 0 aliphatic rings. The Hall–Kier alpha value is -0.390. The number of halogens is 1. The molecule has 1 heterocycles. The maximum absolute atomic E-state index is 11.0. The van der Waals surface area contributed by atoms with Crippen molar-refractivity contribution >= 4 is 51.1 Å². The van der Waals surface area contributed by atoms with Gasteiger partial charge in [0, 0.05) is 29.6 Å². The summed E-state index contributed by atoms with van der Waals surface area (Å²) in [5.41, 5.74) is -0.0114. The molecular formula is C16H30IN3O3S2. The molecule has 0 radical (unpaired) electrons. The first-order chi connectivity index (χ1) is 11.2. The Balaban J connectivity index is 0.00000576. The molecule has 1 rings (SSSR count). The van der Waals surface area contributed by atoms with Crippen LogP contribution < -0.4 is 10.6 Å². The summed E-state index contributed by atoms with van der Waals surface area (Å²) < 4.78 is 27.3. The summed E-state index contributed by atoms with van der Waals surface area (Å²) in [5, 5.41) is 8.49. The number of ether oxygens (including phenoxy) is 1. The summed E-state index contributed by atoms with van der Waals surface area (Å²) in [6.07, 6.45) is 1.21. The first-order valence-electron chi connectivity index (χ1n) is 8.06. The second-order valence-electron chi connectivity index (χ2n) is 6.23. The van der Waals surface area contributed by atoms with Crippen LogP contribution >= 0.6 is 35.3 Å². The molecule has 0 atom stereocenters. The number of hydrogen-bond acceptors (Lipinski definition) is 5. The standard InChI is InChI=1S/C16H29N3O3S2.HI/c1-5-17-15(18-8-9-22-10-12-24(4,20)21)19-13-16(2,3)14-7-6-11-23-14;/h6-7,11H,5,8-10,12-13H2,1-4H3,(H2,17,18,19);1H. The minimum Gasteiger partial charge on any atom is -0.379 e. The van der Waals surface area contributed by atoms with Crippen molar-refractivity contribution in [1.29, 1.82) is 0 Å². The fourth-order valence-corrected chi connectivity index (χ4v) is 3.18. The molecule has 25 heavy (non-hydrogen) atoms. The summed E-state index contributed by atoms with van der Waals surface area (Å²) in [5.74, 6) is 0.796. The Morgan fingerprint density at radius 3 is 2.60 bits per heavy atom. The number of nitrogens with zero attached hydrogens (tertiary/aromatic N) is 1. The maximum Gasteiger partial charge on any atom is 0.191 e. The zero-order chi connectivity index (χ0) is 18.1. The first-order valence-corrected chi connectivity index (χ1v) is 11.0. The third kappa shape index (κ3) is 11.0. The highest BCUT2D eigenvalue weighted by Crippen LogP contribution is 2.27. The molecule has 0 unspecified atom stereocenters. The Morgan fingerprint density at radius 2 is 2.04 bits per heavy atom. The molecule has 0 aliphatic heterocycles. The van der Waals surface area contributed by atoms with Crippen LogP contribution in [0.25, 0.3) is 0 Å². The molecule has 6 nitrogen and oxygen atoms in total. The van der Waals surface area contributed by atoms with Gasteiger partial charge >= 0.3 is 0 Å². The Labute approximate surface area is 172 Å². The van der Waals surface area contributed by atoms with Crippen molar-refractivity contribution in [3.63, 3.8) is 0 Å². The molecule has 0 spiro atoms. The van der Waals surface area contributed by atoms with Crippen LogP contribution in [0.1, 0.15) is 25.6 Å². The SMILES string of the molecule is CCNC(=NCC(C)(C)c1cccs1)NCCOCCS(C)(=O)=O.I. The number of nitrogens with one attached hydrogen (secondary N) is 2. The Morgan fingerprint density at radius 1 is 1.32 bits per heavy atom. The lowest BCUT2D eigenvalue weighted by atomic mass is 9.92. The lowest BCUT2D eigenvalue weighted by molar-refractivity contribution is 0.154. The van der Waals surface area contributed by atoms with Crippen molar-refractivity contribution in [3.05, 3.63) is 22.4 Å². The summed E-state index contributed by atoms with van der Waals surface area (Å²) in [6, 6.07) is 4.19. The van der Waals surface area contributed by atoms with Gasteiger partial charge in [-0.15, -0.1) is 35.3 Å². The van der Waals surface area contributed by atoms with E-state index in [9.17, 15) is 8.42 Å². The third-order valence-corrected chi connectivity index (χ3v) is 5.45. The fraction of sp³-hybridized carbons (Fsp3) is 0.688.